The third kappa shape index (κ3) is 1.48. The second-order valence-corrected chi connectivity index (χ2v) is 5.71. The Morgan fingerprint density at radius 3 is 2.75 bits per heavy atom. The monoisotopic (exact) mass is 237 g/mol. The summed E-state index contributed by atoms with van der Waals surface area (Å²) in [5, 5.41) is 0.843. The molecular weight excluding hydrogens is 222 g/mol. The Hall–Kier alpha value is -0.870. The lowest BCUT2D eigenvalue weighted by Gasteiger charge is -2.15. The number of rotatable bonds is 1. The van der Waals surface area contributed by atoms with E-state index >= 15 is 0 Å². The van der Waals surface area contributed by atoms with E-state index in [9.17, 15) is 4.79 Å². The van der Waals surface area contributed by atoms with Gasteiger partial charge in [-0.3, -0.25) is 4.79 Å². The molecule has 0 spiro atoms. The van der Waals surface area contributed by atoms with Crippen LogP contribution in [0, 0.1) is 0 Å². The minimum Gasteiger partial charge on any atom is -0.390 e. The Bertz CT molecular complexity index is 432. The van der Waals surface area contributed by atoms with Crippen LogP contribution in [-0.2, 0) is 11.3 Å². The number of carbonyl (C=O) groups excluding carboxylic acids is 1. The predicted octanol–water partition coefficient (Wildman–Crippen LogP) is 2.70. The number of fused-ring (bicyclic) bond motifs is 1. The summed E-state index contributed by atoms with van der Waals surface area (Å²) in [7, 11) is 0. The molecule has 4 heteroatoms. The minimum absolute atomic E-state index is 0.121. The van der Waals surface area contributed by atoms with Gasteiger partial charge in [-0.25, -0.2) is 0 Å². The fourth-order valence-corrected chi connectivity index (χ4v) is 3.96. The van der Waals surface area contributed by atoms with Gasteiger partial charge in [-0.05, 0) is 18.8 Å². The molecule has 0 bridgehead atoms. The largest absolute Gasteiger partial charge is 0.390 e. The van der Waals surface area contributed by atoms with Crippen LogP contribution in [-0.4, -0.2) is 12.4 Å². The molecule has 1 aliphatic heterocycles. The molecule has 0 atom stereocenters. The third-order valence-corrected chi connectivity index (χ3v) is 4.56. The van der Waals surface area contributed by atoms with Crippen molar-refractivity contribution in [3.8, 4) is 0 Å². The van der Waals surface area contributed by atoms with Crippen LogP contribution in [0.5, 0.6) is 0 Å². The topological polar surface area (TPSA) is 52.3 Å². The number of carbonyl (C=O) groups is 1. The van der Waals surface area contributed by atoms with Gasteiger partial charge in [0.2, 0.25) is 0 Å². The van der Waals surface area contributed by atoms with E-state index in [1.165, 1.54) is 37.0 Å². The first-order chi connectivity index (χ1) is 7.77. The van der Waals surface area contributed by atoms with Crippen molar-refractivity contribution in [2.45, 2.75) is 38.2 Å². The molecular formula is C12H15NO2S. The van der Waals surface area contributed by atoms with E-state index in [1.54, 1.807) is 0 Å². The van der Waals surface area contributed by atoms with E-state index in [2.05, 4.69) is 0 Å². The second-order valence-electron chi connectivity index (χ2n) is 4.58. The van der Waals surface area contributed by atoms with Crippen LogP contribution in [0.15, 0.2) is 0 Å². The average molecular weight is 237 g/mol. The van der Waals surface area contributed by atoms with Gasteiger partial charge in [-0.2, -0.15) is 0 Å². The molecule has 0 amide bonds. The van der Waals surface area contributed by atoms with Gasteiger partial charge in [0.1, 0.15) is 6.61 Å². The molecule has 2 aliphatic rings. The number of hydrogen-bond donors (Lipinski definition) is 1. The van der Waals surface area contributed by atoms with Crippen molar-refractivity contribution in [2.24, 2.45) is 0 Å². The number of hydrogen-bond acceptors (Lipinski definition) is 4. The summed E-state index contributed by atoms with van der Waals surface area (Å²) in [5.74, 6) is 0.637. The maximum atomic E-state index is 11.9. The minimum atomic E-state index is 0.121. The first kappa shape index (κ1) is 10.3. The Morgan fingerprint density at radius 1 is 1.25 bits per heavy atom. The molecule has 0 radical (unpaired) electrons. The predicted molar refractivity (Wildman–Crippen MR) is 63.9 cm³/mol. The molecule has 3 nitrogen and oxygen atoms in total. The second kappa shape index (κ2) is 3.86. The number of Topliss-reactive ketones (excluding diaryl/α,β-unsaturated/α-hetero) is 1. The maximum absolute atomic E-state index is 11.9. The van der Waals surface area contributed by atoms with Crippen molar-refractivity contribution in [1.82, 2.24) is 0 Å². The van der Waals surface area contributed by atoms with Crippen LogP contribution in [0.2, 0.25) is 0 Å². The quantitative estimate of drug-likeness (QED) is 0.817. The molecule has 1 aromatic heterocycles. The molecule has 1 aromatic rings. The van der Waals surface area contributed by atoms with Gasteiger partial charge in [0.15, 0.2) is 5.78 Å². The van der Waals surface area contributed by atoms with Gasteiger partial charge in [0.05, 0.1) is 11.6 Å². The lowest BCUT2D eigenvalue weighted by Crippen LogP contribution is -2.18. The molecule has 16 heavy (non-hydrogen) atoms. The Balaban J connectivity index is 2.09. The van der Waals surface area contributed by atoms with Gasteiger partial charge < -0.3 is 10.5 Å². The van der Waals surface area contributed by atoms with E-state index in [1.807, 2.05) is 0 Å². The van der Waals surface area contributed by atoms with Crippen LogP contribution >= 0.6 is 11.3 Å². The SMILES string of the molecule is Nc1sc2c(c1C1CCCC1)C(=O)COC2. The van der Waals surface area contributed by atoms with Crippen molar-refractivity contribution in [3.05, 3.63) is 16.0 Å². The fourth-order valence-electron chi connectivity index (χ4n) is 2.85. The van der Waals surface area contributed by atoms with E-state index < -0.39 is 0 Å². The molecule has 2 heterocycles. The number of ketones is 1. The third-order valence-electron chi connectivity index (χ3n) is 3.56. The van der Waals surface area contributed by atoms with Crippen molar-refractivity contribution >= 4 is 22.1 Å². The Labute approximate surface area is 98.6 Å². The van der Waals surface area contributed by atoms with Crippen LogP contribution < -0.4 is 5.73 Å². The van der Waals surface area contributed by atoms with Crippen LogP contribution in [0.4, 0.5) is 5.00 Å². The molecule has 0 unspecified atom stereocenters. The summed E-state index contributed by atoms with van der Waals surface area (Å²) in [5.41, 5.74) is 8.12. The first-order valence-corrected chi connectivity index (χ1v) is 6.61. The van der Waals surface area contributed by atoms with E-state index in [0.717, 1.165) is 21.0 Å². The molecule has 0 aromatic carbocycles. The van der Waals surface area contributed by atoms with Gasteiger partial charge in [0.25, 0.3) is 0 Å². The lowest BCUT2D eigenvalue weighted by molar-refractivity contribution is 0.0673. The number of nitrogens with two attached hydrogens (primary N) is 1. The fraction of sp³-hybridized carbons (Fsp3) is 0.583. The highest BCUT2D eigenvalue weighted by atomic mass is 32.1. The zero-order valence-electron chi connectivity index (χ0n) is 9.12. The molecule has 3 rings (SSSR count). The zero-order valence-corrected chi connectivity index (χ0v) is 9.94. The van der Waals surface area contributed by atoms with Gasteiger partial charge in [0, 0.05) is 16.0 Å². The van der Waals surface area contributed by atoms with Gasteiger partial charge in [-0.1, -0.05) is 12.8 Å². The summed E-state index contributed by atoms with van der Waals surface area (Å²) >= 11 is 1.54. The number of anilines is 1. The van der Waals surface area contributed by atoms with E-state index in [0.29, 0.717) is 12.5 Å². The summed E-state index contributed by atoms with van der Waals surface area (Å²) in [4.78, 5) is 12.9. The van der Waals surface area contributed by atoms with Crippen molar-refractivity contribution in [1.29, 1.82) is 0 Å². The molecule has 1 saturated carbocycles. The molecule has 1 fully saturated rings. The van der Waals surface area contributed by atoms with Gasteiger partial charge >= 0.3 is 0 Å². The highest BCUT2D eigenvalue weighted by molar-refractivity contribution is 7.16. The zero-order chi connectivity index (χ0) is 11.1. The summed E-state index contributed by atoms with van der Waals surface area (Å²) in [6, 6.07) is 0. The van der Waals surface area contributed by atoms with Crippen LogP contribution in [0.3, 0.4) is 0 Å². The summed E-state index contributed by atoms with van der Waals surface area (Å²) < 4.78 is 5.24. The Morgan fingerprint density at radius 2 is 2.00 bits per heavy atom. The highest BCUT2D eigenvalue weighted by Gasteiger charge is 2.31. The lowest BCUT2D eigenvalue weighted by atomic mass is 9.92. The van der Waals surface area contributed by atoms with Crippen molar-refractivity contribution in [2.75, 3.05) is 12.3 Å². The molecule has 0 saturated heterocycles. The molecule has 2 N–H and O–H groups in total. The smallest absolute Gasteiger partial charge is 0.190 e. The first-order valence-electron chi connectivity index (χ1n) is 5.79. The highest BCUT2D eigenvalue weighted by Crippen LogP contribution is 2.44. The average Bonchev–Trinajstić information content (AvgIpc) is 2.84. The van der Waals surface area contributed by atoms with E-state index in [-0.39, 0.29) is 12.4 Å². The van der Waals surface area contributed by atoms with Crippen LogP contribution in [0.1, 0.15) is 52.4 Å². The molecule has 86 valence electrons. The Kier molecular flexibility index (Phi) is 2.48. The number of nitrogen functional groups attached to an aromatic ring is 1. The standard InChI is InChI=1S/C12H15NO2S/c13-12-10(7-3-1-2-4-7)11-8(14)5-15-6-9(11)16-12/h7H,1-6,13H2. The summed E-state index contributed by atoms with van der Waals surface area (Å²) in [6.07, 6.45) is 4.89. The van der Waals surface area contributed by atoms with Crippen molar-refractivity contribution in [3.63, 3.8) is 0 Å². The van der Waals surface area contributed by atoms with Crippen LogP contribution in [0.25, 0.3) is 0 Å². The van der Waals surface area contributed by atoms with E-state index in [4.69, 9.17) is 10.5 Å². The van der Waals surface area contributed by atoms with Crippen molar-refractivity contribution < 1.29 is 9.53 Å². The number of thiophene rings is 1. The number of ether oxygens (including phenoxy) is 1. The summed E-state index contributed by atoms with van der Waals surface area (Å²) in [6.45, 7) is 0.783. The maximum Gasteiger partial charge on any atom is 0.190 e. The normalized spacial score (nSPS) is 21.4. The molecule has 1 aliphatic carbocycles. The van der Waals surface area contributed by atoms with Gasteiger partial charge in [-0.15, -0.1) is 11.3 Å².